The summed E-state index contributed by atoms with van der Waals surface area (Å²) in [6, 6.07) is 8.48. The van der Waals surface area contributed by atoms with E-state index in [1.807, 2.05) is 0 Å². The third-order valence-corrected chi connectivity index (χ3v) is 7.18. The fourth-order valence-corrected chi connectivity index (χ4v) is 5.22. The van der Waals surface area contributed by atoms with Crippen molar-refractivity contribution < 1.29 is 17.7 Å². The number of hydrogen-bond donors (Lipinski definition) is 1. The van der Waals surface area contributed by atoms with E-state index in [1.165, 1.54) is 19.1 Å². The summed E-state index contributed by atoms with van der Waals surface area (Å²) in [6.07, 6.45) is 6.73. The largest absolute Gasteiger partial charge is 0.360 e. The van der Waals surface area contributed by atoms with Crippen LogP contribution in [0.4, 0.5) is 5.82 Å². The van der Waals surface area contributed by atoms with Crippen LogP contribution in [0.1, 0.15) is 43.4 Å². The second-order valence-corrected chi connectivity index (χ2v) is 9.92. The Morgan fingerprint density at radius 3 is 2.44 bits per heavy atom. The number of aromatic nitrogens is 1. The minimum atomic E-state index is -3.26. The van der Waals surface area contributed by atoms with Crippen molar-refractivity contribution in [2.45, 2.75) is 49.3 Å². The number of benzene rings is 1. The molecule has 1 aromatic carbocycles. The standard InChI is InChI=1S/C20H24N2O4S/c1-13-11-18(22-26-13)21-19(23)20(12-17(20)14-5-3-4-6-14)15-7-9-16(10-8-15)27(2,24)25/h7-11,14,17H,3-6,12H2,1-2H3,(H,21,22,23). The van der Waals surface area contributed by atoms with Crippen LogP contribution >= 0.6 is 0 Å². The zero-order valence-corrected chi connectivity index (χ0v) is 16.4. The molecule has 1 aromatic heterocycles. The molecule has 1 heterocycles. The van der Waals surface area contributed by atoms with E-state index in [2.05, 4.69) is 10.5 Å². The van der Waals surface area contributed by atoms with Gasteiger partial charge in [-0.25, -0.2) is 8.42 Å². The molecule has 1 amide bonds. The van der Waals surface area contributed by atoms with Gasteiger partial charge in [0.25, 0.3) is 0 Å². The fraction of sp³-hybridized carbons (Fsp3) is 0.500. The normalized spacial score (nSPS) is 25.5. The van der Waals surface area contributed by atoms with Crippen molar-refractivity contribution in [2.24, 2.45) is 11.8 Å². The van der Waals surface area contributed by atoms with Gasteiger partial charge in [-0.05, 0) is 42.9 Å². The number of hydrogen-bond acceptors (Lipinski definition) is 5. The highest BCUT2D eigenvalue weighted by Crippen LogP contribution is 2.61. The first-order chi connectivity index (χ1) is 12.8. The highest BCUT2D eigenvalue weighted by atomic mass is 32.2. The molecule has 0 spiro atoms. The Kier molecular flexibility index (Phi) is 4.37. The summed E-state index contributed by atoms with van der Waals surface area (Å²) in [6.45, 7) is 1.78. The molecule has 0 aliphatic heterocycles. The summed E-state index contributed by atoms with van der Waals surface area (Å²) < 4.78 is 28.6. The average Bonchev–Trinajstić information content (AvgIpc) is 2.94. The van der Waals surface area contributed by atoms with E-state index in [0.717, 1.165) is 24.8 Å². The fourth-order valence-electron chi connectivity index (χ4n) is 4.59. The van der Waals surface area contributed by atoms with Gasteiger partial charge in [0.15, 0.2) is 15.7 Å². The van der Waals surface area contributed by atoms with Crippen molar-refractivity contribution in [2.75, 3.05) is 11.6 Å². The van der Waals surface area contributed by atoms with Crippen LogP contribution in [0.15, 0.2) is 39.8 Å². The highest BCUT2D eigenvalue weighted by molar-refractivity contribution is 7.90. The molecule has 2 saturated carbocycles. The van der Waals surface area contributed by atoms with E-state index in [-0.39, 0.29) is 16.7 Å². The maximum Gasteiger partial charge on any atom is 0.236 e. The third-order valence-electron chi connectivity index (χ3n) is 6.06. The Balaban J connectivity index is 1.66. The van der Waals surface area contributed by atoms with Crippen LogP contribution in [0.5, 0.6) is 0 Å². The van der Waals surface area contributed by atoms with Gasteiger partial charge in [-0.1, -0.05) is 43.0 Å². The van der Waals surface area contributed by atoms with E-state index in [4.69, 9.17) is 4.52 Å². The molecule has 2 fully saturated rings. The minimum absolute atomic E-state index is 0.0835. The number of carbonyl (C=O) groups excluding carboxylic acids is 1. The number of nitrogens with one attached hydrogen (secondary N) is 1. The maximum atomic E-state index is 13.2. The van der Waals surface area contributed by atoms with Gasteiger partial charge >= 0.3 is 0 Å². The number of amides is 1. The zero-order valence-electron chi connectivity index (χ0n) is 15.6. The van der Waals surface area contributed by atoms with Crippen molar-refractivity contribution in [1.29, 1.82) is 0 Å². The molecule has 4 rings (SSSR count). The summed E-state index contributed by atoms with van der Waals surface area (Å²) >= 11 is 0. The van der Waals surface area contributed by atoms with Gasteiger partial charge in [0, 0.05) is 12.3 Å². The van der Waals surface area contributed by atoms with E-state index < -0.39 is 15.3 Å². The first-order valence-electron chi connectivity index (χ1n) is 9.36. The topological polar surface area (TPSA) is 89.3 Å². The van der Waals surface area contributed by atoms with Crippen LogP contribution in [-0.2, 0) is 20.0 Å². The average molecular weight is 388 g/mol. The molecule has 6 nitrogen and oxygen atoms in total. The molecule has 0 bridgehead atoms. The van der Waals surface area contributed by atoms with Crippen molar-refractivity contribution in [1.82, 2.24) is 5.16 Å². The first kappa shape index (κ1) is 18.2. The minimum Gasteiger partial charge on any atom is -0.360 e. The lowest BCUT2D eigenvalue weighted by Gasteiger charge is -2.20. The van der Waals surface area contributed by atoms with Crippen molar-refractivity contribution >= 4 is 21.6 Å². The Labute approximate surface area is 159 Å². The maximum absolute atomic E-state index is 13.2. The third kappa shape index (κ3) is 3.29. The number of sulfone groups is 1. The van der Waals surface area contributed by atoms with Gasteiger partial charge in [0.2, 0.25) is 5.91 Å². The quantitative estimate of drug-likeness (QED) is 0.847. The van der Waals surface area contributed by atoms with Crippen LogP contribution < -0.4 is 5.32 Å². The lowest BCUT2D eigenvalue weighted by atomic mass is 9.86. The summed E-state index contributed by atoms with van der Waals surface area (Å²) in [5, 5.41) is 6.77. The van der Waals surface area contributed by atoms with E-state index in [1.54, 1.807) is 37.3 Å². The molecule has 0 saturated heterocycles. The van der Waals surface area contributed by atoms with E-state index >= 15 is 0 Å². The Morgan fingerprint density at radius 2 is 1.89 bits per heavy atom. The van der Waals surface area contributed by atoms with Gasteiger partial charge in [0.05, 0.1) is 10.3 Å². The molecule has 7 heteroatoms. The predicted molar refractivity (Wildman–Crippen MR) is 101 cm³/mol. The lowest BCUT2D eigenvalue weighted by Crippen LogP contribution is -2.31. The number of nitrogens with zero attached hydrogens (tertiary/aromatic N) is 1. The molecule has 2 aliphatic carbocycles. The van der Waals surface area contributed by atoms with Gasteiger partial charge in [-0.3, -0.25) is 4.79 Å². The molecule has 2 atom stereocenters. The zero-order chi connectivity index (χ0) is 19.2. The SMILES string of the molecule is Cc1cc(NC(=O)C2(c3ccc(S(C)(=O)=O)cc3)CC2C2CCCC2)no1. The molecule has 144 valence electrons. The van der Waals surface area contributed by atoms with E-state index in [0.29, 0.717) is 17.5 Å². The van der Waals surface area contributed by atoms with Crippen LogP contribution in [-0.4, -0.2) is 25.7 Å². The summed E-state index contributed by atoms with van der Waals surface area (Å²) in [5.41, 5.74) is 0.266. The van der Waals surface area contributed by atoms with Crippen molar-refractivity contribution in [3.05, 3.63) is 41.7 Å². The smallest absolute Gasteiger partial charge is 0.236 e. The van der Waals surface area contributed by atoms with Crippen LogP contribution in [0.3, 0.4) is 0 Å². The molecule has 27 heavy (non-hydrogen) atoms. The van der Waals surface area contributed by atoms with Crippen LogP contribution in [0.2, 0.25) is 0 Å². The van der Waals surface area contributed by atoms with Crippen LogP contribution in [0, 0.1) is 18.8 Å². The molecule has 0 radical (unpaired) electrons. The van der Waals surface area contributed by atoms with Gasteiger partial charge < -0.3 is 9.84 Å². The number of aryl methyl sites for hydroxylation is 1. The number of rotatable bonds is 5. The molecule has 2 aliphatic rings. The van der Waals surface area contributed by atoms with Crippen LogP contribution in [0.25, 0.3) is 0 Å². The predicted octanol–water partition coefficient (Wildman–Crippen LogP) is 3.47. The Hall–Kier alpha value is -2.15. The van der Waals surface area contributed by atoms with Crippen molar-refractivity contribution in [3.63, 3.8) is 0 Å². The molecule has 2 unspecified atom stereocenters. The Bertz CT molecular complexity index is 958. The number of anilines is 1. The lowest BCUT2D eigenvalue weighted by molar-refractivity contribution is -0.119. The number of carbonyl (C=O) groups is 1. The van der Waals surface area contributed by atoms with Crippen molar-refractivity contribution in [3.8, 4) is 0 Å². The first-order valence-corrected chi connectivity index (χ1v) is 11.3. The molecular weight excluding hydrogens is 364 g/mol. The van der Waals surface area contributed by atoms with Gasteiger partial charge in [-0.15, -0.1) is 0 Å². The second-order valence-electron chi connectivity index (χ2n) is 7.90. The summed E-state index contributed by atoms with van der Waals surface area (Å²) in [4.78, 5) is 13.5. The molecule has 1 N–H and O–H groups in total. The van der Waals surface area contributed by atoms with Gasteiger partial charge in [0.1, 0.15) is 5.76 Å². The van der Waals surface area contributed by atoms with E-state index in [9.17, 15) is 13.2 Å². The Morgan fingerprint density at radius 1 is 1.22 bits per heavy atom. The summed E-state index contributed by atoms with van der Waals surface area (Å²) in [7, 11) is -3.26. The molecular formula is C20H24N2O4S. The summed E-state index contributed by atoms with van der Waals surface area (Å²) in [5.74, 6) is 1.81. The molecule has 2 aromatic rings. The monoisotopic (exact) mass is 388 g/mol. The second kappa shape index (κ2) is 6.48. The van der Waals surface area contributed by atoms with Gasteiger partial charge in [-0.2, -0.15) is 0 Å². The highest BCUT2D eigenvalue weighted by Gasteiger charge is 2.63.